The Hall–Kier alpha value is -3.14. The van der Waals surface area contributed by atoms with Crippen molar-refractivity contribution in [3.63, 3.8) is 0 Å². The minimum atomic E-state index is -0.393. The maximum atomic E-state index is 12.3. The van der Waals surface area contributed by atoms with Crippen molar-refractivity contribution in [2.75, 3.05) is 0 Å². The highest BCUT2D eigenvalue weighted by Gasteiger charge is 2.11. The van der Waals surface area contributed by atoms with Crippen LogP contribution in [0.15, 0.2) is 77.7 Å². The molecule has 0 bridgehead atoms. The summed E-state index contributed by atoms with van der Waals surface area (Å²) in [6.45, 7) is 0.384. The number of nitrogens with one attached hydrogen (secondary N) is 2. The van der Waals surface area contributed by atoms with E-state index in [1.807, 2.05) is 60.7 Å². The third-order valence-corrected chi connectivity index (χ3v) is 3.55. The van der Waals surface area contributed by atoms with Crippen LogP contribution in [0.2, 0.25) is 0 Å². The van der Waals surface area contributed by atoms with E-state index in [0.717, 1.165) is 16.7 Å². The molecule has 0 aliphatic carbocycles. The lowest BCUT2D eigenvalue weighted by Crippen LogP contribution is -2.29. The van der Waals surface area contributed by atoms with Crippen molar-refractivity contribution in [1.82, 2.24) is 10.3 Å². The normalized spacial score (nSPS) is 10.3. The van der Waals surface area contributed by atoms with Gasteiger partial charge in [0.05, 0.1) is 0 Å². The largest absolute Gasteiger partial charge is 0.348 e. The first kappa shape index (κ1) is 14.8. The summed E-state index contributed by atoms with van der Waals surface area (Å²) in [6.07, 6.45) is 1.62. The molecule has 3 rings (SSSR count). The van der Waals surface area contributed by atoms with Crippen LogP contribution in [0.5, 0.6) is 0 Å². The van der Waals surface area contributed by atoms with Gasteiger partial charge < -0.3 is 10.3 Å². The molecule has 1 amide bonds. The molecule has 23 heavy (non-hydrogen) atoms. The summed E-state index contributed by atoms with van der Waals surface area (Å²) >= 11 is 0. The lowest BCUT2D eigenvalue weighted by Gasteiger charge is -2.07. The lowest BCUT2D eigenvalue weighted by atomic mass is 10.1. The van der Waals surface area contributed by atoms with E-state index < -0.39 is 5.56 Å². The molecular formula is C19H16N2O2. The zero-order valence-electron chi connectivity index (χ0n) is 12.5. The Morgan fingerprint density at radius 3 is 2.26 bits per heavy atom. The van der Waals surface area contributed by atoms with Crippen LogP contribution >= 0.6 is 0 Å². The highest BCUT2D eigenvalue weighted by atomic mass is 16.2. The highest BCUT2D eigenvalue weighted by Crippen LogP contribution is 2.17. The van der Waals surface area contributed by atoms with Gasteiger partial charge in [0.15, 0.2) is 0 Å². The molecule has 0 fully saturated rings. The van der Waals surface area contributed by atoms with Crippen LogP contribution in [0.3, 0.4) is 0 Å². The average Bonchev–Trinajstić information content (AvgIpc) is 2.62. The lowest BCUT2D eigenvalue weighted by molar-refractivity contribution is 0.0949. The van der Waals surface area contributed by atoms with Crippen molar-refractivity contribution in [1.29, 1.82) is 0 Å². The third kappa shape index (κ3) is 3.55. The summed E-state index contributed by atoms with van der Waals surface area (Å²) in [7, 11) is 0. The molecule has 0 aliphatic rings. The fourth-order valence-electron chi connectivity index (χ4n) is 2.32. The van der Waals surface area contributed by atoms with Crippen LogP contribution in [0.4, 0.5) is 0 Å². The monoisotopic (exact) mass is 304 g/mol. The third-order valence-electron chi connectivity index (χ3n) is 3.55. The van der Waals surface area contributed by atoms with Crippen molar-refractivity contribution in [2.45, 2.75) is 6.54 Å². The maximum absolute atomic E-state index is 12.3. The van der Waals surface area contributed by atoms with E-state index in [1.165, 1.54) is 0 Å². The molecule has 2 aromatic carbocycles. The van der Waals surface area contributed by atoms with Gasteiger partial charge >= 0.3 is 0 Å². The number of aromatic amines is 1. The number of aromatic nitrogens is 1. The topological polar surface area (TPSA) is 62.0 Å². The predicted octanol–water partition coefficient (Wildman–Crippen LogP) is 2.97. The number of amides is 1. The van der Waals surface area contributed by atoms with Crippen molar-refractivity contribution in [3.8, 4) is 11.1 Å². The molecule has 0 unspecified atom stereocenters. The van der Waals surface area contributed by atoms with Crippen LogP contribution < -0.4 is 10.9 Å². The minimum absolute atomic E-state index is 0.113. The molecule has 0 radical (unpaired) electrons. The quantitative estimate of drug-likeness (QED) is 0.778. The molecule has 114 valence electrons. The van der Waals surface area contributed by atoms with Crippen LogP contribution in [-0.4, -0.2) is 10.9 Å². The fourth-order valence-corrected chi connectivity index (χ4v) is 2.32. The molecule has 0 atom stereocenters. The van der Waals surface area contributed by atoms with Crippen molar-refractivity contribution >= 4 is 5.91 Å². The molecule has 1 heterocycles. The zero-order chi connectivity index (χ0) is 16.1. The van der Waals surface area contributed by atoms with E-state index in [1.54, 1.807) is 12.3 Å². The number of H-pyrrole nitrogens is 1. The number of rotatable bonds is 4. The fraction of sp³-hybridized carbons (Fsp3) is 0.0526. The first-order chi connectivity index (χ1) is 11.2. The molecule has 3 aromatic rings. The Kier molecular flexibility index (Phi) is 4.34. The van der Waals surface area contributed by atoms with Crippen LogP contribution in [0, 0.1) is 0 Å². The number of pyridine rings is 1. The number of carbonyl (C=O) groups is 1. The van der Waals surface area contributed by atoms with Crippen molar-refractivity contribution < 1.29 is 4.79 Å². The summed E-state index contributed by atoms with van der Waals surface area (Å²) in [5.41, 5.74) is 2.45. The van der Waals surface area contributed by atoms with Gasteiger partial charge in [-0.25, -0.2) is 0 Å². The Labute approximate surface area is 133 Å². The summed E-state index contributed by atoms with van der Waals surface area (Å²) in [5, 5.41) is 2.78. The molecule has 0 aliphatic heterocycles. The van der Waals surface area contributed by atoms with E-state index in [4.69, 9.17) is 0 Å². The summed E-state index contributed by atoms with van der Waals surface area (Å²) in [6, 6.07) is 20.8. The molecule has 2 N–H and O–H groups in total. The molecule has 0 saturated heterocycles. The van der Waals surface area contributed by atoms with Crippen molar-refractivity contribution in [3.05, 3.63) is 94.4 Å². The standard InChI is InChI=1S/C19H16N2O2/c22-18(20-12-14-7-3-1-4-8-14)17-11-16(13-21-19(17)23)15-9-5-2-6-10-15/h1-11,13H,12H2,(H,20,22)(H,21,23). The van der Waals surface area contributed by atoms with Crippen molar-refractivity contribution in [2.24, 2.45) is 0 Å². The van der Waals surface area contributed by atoms with Gasteiger partial charge in [-0.2, -0.15) is 0 Å². The molecule has 4 heteroatoms. The zero-order valence-corrected chi connectivity index (χ0v) is 12.5. The van der Waals surface area contributed by atoms with Gasteiger partial charge in [-0.05, 0) is 22.8 Å². The molecular weight excluding hydrogens is 288 g/mol. The molecule has 4 nitrogen and oxygen atoms in total. The average molecular weight is 304 g/mol. The minimum Gasteiger partial charge on any atom is -0.348 e. The van der Waals surface area contributed by atoms with Crippen LogP contribution in [0.25, 0.3) is 11.1 Å². The van der Waals surface area contributed by atoms with E-state index >= 15 is 0 Å². The SMILES string of the molecule is O=C(NCc1ccccc1)c1cc(-c2ccccc2)c[nH]c1=O. The van der Waals surface area contributed by atoms with Gasteiger partial charge in [-0.3, -0.25) is 9.59 Å². The number of carbonyl (C=O) groups excluding carboxylic acids is 1. The Morgan fingerprint density at radius 2 is 1.57 bits per heavy atom. The molecule has 0 spiro atoms. The number of hydrogen-bond acceptors (Lipinski definition) is 2. The first-order valence-electron chi connectivity index (χ1n) is 7.34. The van der Waals surface area contributed by atoms with E-state index in [-0.39, 0.29) is 11.5 Å². The van der Waals surface area contributed by atoms with Gasteiger partial charge in [-0.15, -0.1) is 0 Å². The van der Waals surface area contributed by atoms with E-state index in [0.29, 0.717) is 6.54 Å². The second-order valence-electron chi connectivity index (χ2n) is 5.17. The van der Waals surface area contributed by atoms with E-state index in [2.05, 4.69) is 10.3 Å². The first-order valence-corrected chi connectivity index (χ1v) is 7.34. The highest BCUT2D eigenvalue weighted by molar-refractivity contribution is 5.94. The molecule has 1 aromatic heterocycles. The Balaban J connectivity index is 1.81. The predicted molar refractivity (Wildman–Crippen MR) is 90.1 cm³/mol. The Bertz CT molecular complexity index is 855. The van der Waals surface area contributed by atoms with Crippen LogP contribution in [-0.2, 0) is 6.54 Å². The maximum Gasteiger partial charge on any atom is 0.260 e. The summed E-state index contributed by atoms with van der Waals surface area (Å²) in [4.78, 5) is 26.9. The second-order valence-corrected chi connectivity index (χ2v) is 5.17. The smallest absolute Gasteiger partial charge is 0.260 e. The second kappa shape index (κ2) is 6.75. The summed E-state index contributed by atoms with van der Waals surface area (Å²) in [5.74, 6) is -0.382. The van der Waals surface area contributed by atoms with E-state index in [9.17, 15) is 9.59 Å². The van der Waals surface area contributed by atoms with Gasteiger partial charge in [0, 0.05) is 12.7 Å². The van der Waals surface area contributed by atoms with Gasteiger partial charge in [0.2, 0.25) is 0 Å². The molecule has 0 saturated carbocycles. The summed E-state index contributed by atoms with van der Waals surface area (Å²) < 4.78 is 0. The Morgan fingerprint density at radius 1 is 0.913 bits per heavy atom. The van der Waals surface area contributed by atoms with Gasteiger partial charge in [0.1, 0.15) is 5.56 Å². The van der Waals surface area contributed by atoms with Gasteiger partial charge in [-0.1, -0.05) is 60.7 Å². The van der Waals surface area contributed by atoms with Crippen LogP contribution in [0.1, 0.15) is 15.9 Å². The number of benzene rings is 2. The van der Waals surface area contributed by atoms with Gasteiger partial charge in [0.25, 0.3) is 11.5 Å². The number of hydrogen-bond donors (Lipinski definition) is 2.